The number of aromatic nitrogens is 2. The maximum Gasteiger partial charge on any atom is 0.332 e. The molecule has 8 heteroatoms. The number of anilines is 1. The third kappa shape index (κ3) is 4.85. The van der Waals surface area contributed by atoms with E-state index in [1.54, 1.807) is 0 Å². The lowest BCUT2D eigenvalue weighted by molar-refractivity contribution is -0.870. The summed E-state index contributed by atoms with van der Waals surface area (Å²) in [6.45, 7) is 3.35. The molecule has 0 radical (unpaired) electrons. The number of rotatable bonds is 9. The molecule has 1 aromatic carbocycles. The van der Waals surface area contributed by atoms with Crippen LogP contribution in [0.1, 0.15) is 23.7 Å². The summed E-state index contributed by atoms with van der Waals surface area (Å²) in [7, 11) is 3.20. The Hall–Kier alpha value is -2.87. The molecule has 2 rings (SSSR count). The molecule has 0 bridgehead atoms. The zero-order valence-corrected chi connectivity index (χ0v) is 16.0. The fourth-order valence-electron chi connectivity index (χ4n) is 2.80. The normalized spacial score (nSPS) is 12.0. The molecule has 8 nitrogen and oxygen atoms in total. The quantitative estimate of drug-likeness (QED) is 0.566. The molecule has 2 aromatic rings. The number of nitrogen functional groups attached to an aromatic ring is 1. The smallest absolute Gasteiger partial charge is 0.332 e. The predicted octanol–water partition coefficient (Wildman–Crippen LogP) is -0.684. The maximum absolute atomic E-state index is 12.7. The minimum atomic E-state index is -0.650. The van der Waals surface area contributed by atoms with Crippen LogP contribution < -0.4 is 26.6 Å². The van der Waals surface area contributed by atoms with Gasteiger partial charge in [-0.1, -0.05) is 25.1 Å². The van der Waals surface area contributed by atoms with Crippen LogP contribution >= 0.6 is 0 Å². The van der Waals surface area contributed by atoms with Crippen molar-refractivity contribution < 1.29 is 14.4 Å². The highest BCUT2D eigenvalue weighted by atomic mass is 16.5. The van der Waals surface area contributed by atoms with Gasteiger partial charge in [-0.05, 0) is 18.6 Å². The SMILES string of the molecule is CCCn1c(N)c(C(=O)C[NH+](C)CCOc2ccccc2)c(=O)n(C)c1=O. The van der Waals surface area contributed by atoms with Gasteiger partial charge in [0.1, 0.15) is 36.8 Å². The van der Waals surface area contributed by atoms with Crippen LogP contribution in [0.15, 0.2) is 39.9 Å². The first kappa shape index (κ1) is 20.4. The number of nitrogens with one attached hydrogen (secondary N) is 1. The van der Waals surface area contributed by atoms with Gasteiger partial charge in [0.05, 0.1) is 7.05 Å². The van der Waals surface area contributed by atoms with E-state index < -0.39 is 11.2 Å². The van der Waals surface area contributed by atoms with Crippen LogP contribution in [-0.2, 0) is 13.6 Å². The molecule has 0 aliphatic rings. The zero-order valence-electron chi connectivity index (χ0n) is 16.0. The van der Waals surface area contributed by atoms with E-state index in [1.165, 1.54) is 11.6 Å². The minimum Gasteiger partial charge on any atom is -0.488 e. The van der Waals surface area contributed by atoms with Gasteiger partial charge in [0.15, 0.2) is 0 Å². The summed E-state index contributed by atoms with van der Waals surface area (Å²) in [4.78, 5) is 38.1. The van der Waals surface area contributed by atoms with Crippen molar-refractivity contribution in [1.82, 2.24) is 9.13 Å². The third-order valence-corrected chi connectivity index (χ3v) is 4.31. The fraction of sp³-hybridized carbons (Fsp3) is 0.421. The average Bonchev–Trinajstić information content (AvgIpc) is 2.64. The molecule has 0 saturated carbocycles. The number of likely N-dealkylation sites (N-methyl/N-ethyl adjacent to an activating group) is 1. The predicted molar refractivity (Wildman–Crippen MR) is 104 cm³/mol. The highest BCUT2D eigenvalue weighted by Gasteiger charge is 2.23. The van der Waals surface area contributed by atoms with E-state index >= 15 is 0 Å². The second kappa shape index (κ2) is 9.18. The molecule has 0 aliphatic carbocycles. The van der Waals surface area contributed by atoms with E-state index in [1.807, 2.05) is 44.3 Å². The Morgan fingerprint density at radius 1 is 1.22 bits per heavy atom. The Kier molecular flexibility index (Phi) is 6.95. The Morgan fingerprint density at radius 3 is 2.52 bits per heavy atom. The van der Waals surface area contributed by atoms with Gasteiger partial charge in [-0.3, -0.25) is 18.7 Å². The van der Waals surface area contributed by atoms with Crippen molar-refractivity contribution in [3.8, 4) is 5.75 Å². The molecule has 0 aliphatic heterocycles. The van der Waals surface area contributed by atoms with Gasteiger partial charge in [-0.25, -0.2) is 4.79 Å². The van der Waals surface area contributed by atoms with Gasteiger partial charge in [-0.15, -0.1) is 0 Å². The third-order valence-electron chi connectivity index (χ3n) is 4.31. The Morgan fingerprint density at radius 2 is 1.89 bits per heavy atom. The topological polar surface area (TPSA) is 101 Å². The number of ether oxygens (including phenoxy) is 1. The van der Waals surface area contributed by atoms with E-state index in [0.717, 1.165) is 15.2 Å². The second-order valence-corrected chi connectivity index (χ2v) is 6.53. The van der Waals surface area contributed by atoms with Gasteiger partial charge in [0, 0.05) is 13.6 Å². The molecule has 27 heavy (non-hydrogen) atoms. The molecule has 1 unspecified atom stereocenters. The molecule has 3 N–H and O–H groups in total. The standard InChI is InChI=1S/C19H26N4O4/c1-4-10-23-17(20)16(18(25)22(3)19(23)26)15(24)13-21(2)11-12-27-14-8-6-5-7-9-14/h5-9H,4,10-13,20H2,1-3H3/p+1. The zero-order chi connectivity index (χ0) is 20.0. The molecule has 1 aromatic heterocycles. The molecule has 1 atom stereocenters. The van der Waals surface area contributed by atoms with Crippen LogP contribution in [0.5, 0.6) is 5.75 Å². The van der Waals surface area contributed by atoms with Gasteiger partial charge < -0.3 is 15.4 Å². The Balaban J connectivity index is 2.08. The average molecular weight is 375 g/mol. The maximum atomic E-state index is 12.7. The van der Waals surface area contributed by atoms with E-state index in [0.29, 0.717) is 26.1 Å². The first-order valence-electron chi connectivity index (χ1n) is 8.98. The number of nitrogens with zero attached hydrogens (tertiary/aromatic N) is 2. The number of benzene rings is 1. The molecule has 1 heterocycles. The van der Waals surface area contributed by atoms with E-state index in [4.69, 9.17) is 10.5 Å². The number of para-hydroxylation sites is 1. The van der Waals surface area contributed by atoms with Crippen molar-refractivity contribution in [1.29, 1.82) is 0 Å². The molecule has 146 valence electrons. The summed E-state index contributed by atoms with van der Waals surface area (Å²) >= 11 is 0. The summed E-state index contributed by atoms with van der Waals surface area (Å²) in [5, 5.41) is 0. The van der Waals surface area contributed by atoms with Crippen molar-refractivity contribution >= 4 is 11.6 Å². The number of carbonyl (C=O) groups is 1. The van der Waals surface area contributed by atoms with Crippen LogP contribution in [-0.4, -0.2) is 41.7 Å². The van der Waals surface area contributed by atoms with E-state index in [2.05, 4.69) is 0 Å². The Bertz CT molecular complexity index is 902. The van der Waals surface area contributed by atoms with Crippen molar-refractivity contribution in [2.45, 2.75) is 19.9 Å². The molecule has 0 spiro atoms. The first-order chi connectivity index (χ1) is 12.9. The van der Waals surface area contributed by atoms with Crippen molar-refractivity contribution in [3.05, 3.63) is 56.7 Å². The lowest BCUT2D eigenvalue weighted by atomic mass is 10.1. The van der Waals surface area contributed by atoms with Crippen molar-refractivity contribution in [2.24, 2.45) is 7.05 Å². The molecular weight excluding hydrogens is 348 g/mol. The van der Waals surface area contributed by atoms with Crippen molar-refractivity contribution in [3.63, 3.8) is 0 Å². The summed E-state index contributed by atoms with van der Waals surface area (Å²) in [6.07, 6.45) is 0.665. The number of quaternary nitrogens is 1. The summed E-state index contributed by atoms with van der Waals surface area (Å²) in [5.74, 6) is 0.333. The number of carbonyl (C=O) groups excluding carboxylic acids is 1. The monoisotopic (exact) mass is 375 g/mol. The summed E-state index contributed by atoms with van der Waals surface area (Å²) < 4.78 is 7.85. The van der Waals surface area contributed by atoms with Crippen LogP contribution in [0, 0.1) is 0 Å². The number of hydrogen-bond donors (Lipinski definition) is 2. The number of Topliss-reactive ketones (excluding diaryl/α,β-unsaturated/α-hetero) is 1. The van der Waals surface area contributed by atoms with Crippen LogP contribution in [0.4, 0.5) is 5.82 Å². The van der Waals surface area contributed by atoms with E-state index in [-0.39, 0.29) is 23.7 Å². The number of hydrogen-bond acceptors (Lipinski definition) is 5. The van der Waals surface area contributed by atoms with Gasteiger partial charge in [0.2, 0.25) is 5.78 Å². The number of ketones is 1. The number of nitrogens with two attached hydrogens (primary N) is 1. The summed E-state index contributed by atoms with van der Waals surface area (Å²) in [5.41, 5.74) is 4.71. The Labute approximate surface area is 157 Å². The molecule has 0 saturated heterocycles. The fourth-order valence-corrected chi connectivity index (χ4v) is 2.80. The van der Waals surface area contributed by atoms with E-state index in [9.17, 15) is 14.4 Å². The van der Waals surface area contributed by atoms with Gasteiger partial charge in [-0.2, -0.15) is 0 Å². The van der Waals surface area contributed by atoms with Gasteiger partial charge in [0.25, 0.3) is 5.56 Å². The van der Waals surface area contributed by atoms with Crippen LogP contribution in [0.3, 0.4) is 0 Å². The largest absolute Gasteiger partial charge is 0.488 e. The molecule has 0 fully saturated rings. The van der Waals surface area contributed by atoms with Crippen LogP contribution in [0.25, 0.3) is 0 Å². The lowest BCUT2D eigenvalue weighted by Crippen LogP contribution is -3.10. The van der Waals surface area contributed by atoms with Crippen LogP contribution in [0.2, 0.25) is 0 Å². The highest BCUT2D eigenvalue weighted by molar-refractivity contribution is 6.00. The lowest BCUT2D eigenvalue weighted by Gasteiger charge is -2.16. The second-order valence-electron chi connectivity index (χ2n) is 6.53. The minimum absolute atomic E-state index is 0.0525. The summed E-state index contributed by atoms with van der Waals surface area (Å²) in [6, 6.07) is 9.41. The highest BCUT2D eigenvalue weighted by Crippen LogP contribution is 2.07. The molecule has 0 amide bonds. The molecular formula is C19H27N4O4+. The van der Waals surface area contributed by atoms with Gasteiger partial charge >= 0.3 is 5.69 Å². The first-order valence-corrected chi connectivity index (χ1v) is 8.98. The van der Waals surface area contributed by atoms with Crippen molar-refractivity contribution in [2.75, 3.05) is 32.5 Å².